The Hall–Kier alpha value is -1.76. The average Bonchev–Trinajstić information content (AvgIpc) is 2.41. The van der Waals surface area contributed by atoms with E-state index in [2.05, 4.69) is 10.3 Å². The molecule has 2 N–H and O–H groups in total. The van der Waals surface area contributed by atoms with E-state index in [0.717, 1.165) is 0 Å². The van der Waals surface area contributed by atoms with E-state index in [-0.39, 0.29) is 23.4 Å². The van der Waals surface area contributed by atoms with Crippen molar-refractivity contribution in [3.05, 3.63) is 23.9 Å². The first-order valence-electron chi connectivity index (χ1n) is 6.54. The number of carbonyl (C=O) groups excluding carboxylic acids is 1. The topological polar surface area (TPSA) is 71.5 Å². The molecule has 1 rings (SSSR count). The number of ether oxygens (including phenoxy) is 1. The Kier molecular flexibility index (Phi) is 6.02. The van der Waals surface area contributed by atoms with Crippen LogP contribution >= 0.6 is 0 Å². The quantitative estimate of drug-likeness (QED) is 0.841. The highest BCUT2D eigenvalue weighted by Crippen LogP contribution is 2.19. The third-order valence-electron chi connectivity index (χ3n) is 2.82. The zero-order valence-corrected chi connectivity index (χ0v) is 12.3. The molecule has 0 spiro atoms. The fraction of sp³-hybridized carbons (Fsp3) is 0.571. The second-order valence-electron chi connectivity index (χ2n) is 5.65. The van der Waals surface area contributed by atoms with Gasteiger partial charge in [-0.3, -0.25) is 4.79 Å². The molecule has 1 atom stereocenters. The Balaban J connectivity index is 2.70. The molecule has 0 aliphatic rings. The summed E-state index contributed by atoms with van der Waals surface area (Å²) in [5.41, 5.74) is -0.323. The molecule has 0 aliphatic heterocycles. The van der Waals surface area contributed by atoms with Gasteiger partial charge in [0.25, 0.3) is 12.3 Å². The van der Waals surface area contributed by atoms with Crippen LogP contribution in [-0.4, -0.2) is 41.7 Å². The standard InChI is InChI=1S/C14H20F2N2O3/c1-14(2,3)10(19)7-18-12(20)9-5-4-6-17-13(9)21-8-11(15)16/h4-6,10-11,19H,7-8H2,1-3H3,(H,18,20). The van der Waals surface area contributed by atoms with Crippen LogP contribution in [0.3, 0.4) is 0 Å². The van der Waals surface area contributed by atoms with Crippen molar-refractivity contribution >= 4 is 5.91 Å². The number of aliphatic hydroxyl groups excluding tert-OH is 1. The molecule has 0 radical (unpaired) electrons. The van der Waals surface area contributed by atoms with Gasteiger partial charge in [0.15, 0.2) is 6.61 Å². The number of alkyl halides is 2. The first-order valence-corrected chi connectivity index (χ1v) is 6.54. The lowest BCUT2D eigenvalue weighted by atomic mass is 9.89. The Morgan fingerprint density at radius 3 is 2.71 bits per heavy atom. The van der Waals surface area contributed by atoms with E-state index in [1.54, 1.807) is 0 Å². The number of pyridine rings is 1. The summed E-state index contributed by atoms with van der Waals surface area (Å²) in [7, 11) is 0. The van der Waals surface area contributed by atoms with E-state index in [4.69, 9.17) is 4.74 Å². The minimum Gasteiger partial charge on any atom is -0.471 e. The van der Waals surface area contributed by atoms with Crippen LogP contribution in [0.1, 0.15) is 31.1 Å². The van der Waals surface area contributed by atoms with Crippen LogP contribution in [0.15, 0.2) is 18.3 Å². The highest BCUT2D eigenvalue weighted by atomic mass is 19.3. The molecular weight excluding hydrogens is 282 g/mol. The van der Waals surface area contributed by atoms with Crippen molar-refractivity contribution in [3.63, 3.8) is 0 Å². The maximum absolute atomic E-state index is 12.2. The molecule has 0 bridgehead atoms. The lowest BCUT2D eigenvalue weighted by molar-refractivity contribution is 0.0581. The number of aromatic nitrogens is 1. The van der Waals surface area contributed by atoms with Gasteiger partial charge in [0, 0.05) is 12.7 Å². The molecule has 1 amide bonds. The minimum atomic E-state index is -2.65. The summed E-state index contributed by atoms with van der Waals surface area (Å²) < 4.78 is 29.1. The van der Waals surface area contributed by atoms with Crippen LogP contribution in [0.5, 0.6) is 5.88 Å². The number of hydrogen-bond acceptors (Lipinski definition) is 4. The summed E-state index contributed by atoms with van der Waals surface area (Å²) in [5.74, 6) is -0.684. The van der Waals surface area contributed by atoms with E-state index in [1.165, 1.54) is 18.3 Å². The second kappa shape index (κ2) is 7.31. The molecule has 0 aliphatic carbocycles. The molecule has 1 aromatic rings. The molecule has 7 heteroatoms. The number of amides is 1. The van der Waals surface area contributed by atoms with Crippen LogP contribution in [0.25, 0.3) is 0 Å². The molecule has 0 fully saturated rings. The van der Waals surface area contributed by atoms with Crippen LogP contribution in [0.4, 0.5) is 8.78 Å². The van der Waals surface area contributed by atoms with Gasteiger partial charge in [-0.25, -0.2) is 13.8 Å². The van der Waals surface area contributed by atoms with Gasteiger partial charge in [0.1, 0.15) is 5.56 Å². The lowest BCUT2D eigenvalue weighted by Gasteiger charge is -2.25. The highest BCUT2D eigenvalue weighted by Gasteiger charge is 2.23. The number of halogens is 2. The van der Waals surface area contributed by atoms with Crippen LogP contribution in [0, 0.1) is 5.41 Å². The van der Waals surface area contributed by atoms with Gasteiger partial charge in [0.05, 0.1) is 6.10 Å². The largest absolute Gasteiger partial charge is 0.471 e. The predicted octanol–water partition coefficient (Wildman–Crippen LogP) is 1.86. The third-order valence-corrected chi connectivity index (χ3v) is 2.82. The number of rotatable bonds is 6. The fourth-order valence-electron chi connectivity index (χ4n) is 1.41. The molecule has 0 aromatic carbocycles. The summed E-state index contributed by atoms with van der Waals surface area (Å²) in [6.45, 7) is 4.73. The van der Waals surface area contributed by atoms with Crippen molar-refractivity contribution in [2.45, 2.75) is 33.3 Å². The van der Waals surface area contributed by atoms with E-state index in [0.29, 0.717) is 0 Å². The SMILES string of the molecule is CC(C)(C)C(O)CNC(=O)c1cccnc1OCC(F)F. The molecule has 1 unspecified atom stereocenters. The summed E-state index contributed by atoms with van der Waals surface area (Å²) in [6, 6.07) is 2.93. The second-order valence-corrected chi connectivity index (χ2v) is 5.65. The first-order chi connectivity index (χ1) is 9.71. The summed E-state index contributed by atoms with van der Waals surface area (Å²) in [4.78, 5) is 15.8. The molecular formula is C14H20F2N2O3. The maximum Gasteiger partial charge on any atom is 0.272 e. The van der Waals surface area contributed by atoms with Gasteiger partial charge >= 0.3 is 0 Å². The number of nitrogens with zero attached hydrogens (tertiary/aromatic N) is 1. The molecule has 5 nitrogen and oxygen atoms in total. The molecule has 1 heterocycles. The van der Waals surface area contributed by atoms with E-state index in [9.17, 15) is 18.7 Å². The third kappa shape index (κ3) is 5.63. The molecule has 118 valence electrons. The number of aliphatic hydroxyl groups is 1. The Morgan fingerprint density at radius 1 is 1.48 bits per heavy atom. The van der Waals surface area contributed by atoms with Gasteiger partial charge in [-0.05, 0) is 17.5 Å². The van der Waals surface area contributed by atoms with Crippen molar-refractivity contribution in [2.75, 3.05) is 13.2 Å². The lowest BCUT2D eigenvalue weighted by Crippen LogP contribution is -2.39. The van der Waals surface area contributed by atoms with Crippen molar-refractivity contribution < 1.29 is 23.4 Å². The first kappa shape index (κ1) is 17.3. The molecule has 21 heavy (non-hydrogen) atoms. The van der Waals surface area contributed by atoms with Crippen LogP contribution < -0.4 is 10.1 Å². The molecule has 0 saturated carbocycles. The van der Waals surface area contributed by atoms with Crippen molar-refractivity contribution in [2.24, 2.45) is 5.41 Å². The highest BCUT2D eigenvalue weighted by molar-refractivity contribution is 5.96. The number of nitrogens with one attached hydrogen (secondary N) is 1. The van der Waals surface area contributed by atoms with Gasteiger partial charge in [-0.15, -0.1) is 0 Å². The Labute approximate surface area is 122 Å². The van der Waals surface area contributed by atoms with Gasteiger partial charge in [0.2, 0.25) is 5.88 Å². The van der Waals surface area contributed by atoms with Crippen molar-refractivity contribution in [1.82, 2.24) is 10.3 Å². The van der Waals surface area contributed by atoms with Crippen molar-refractivity contribution in [1.29, 1.82) is 0 Å². The van der Waals surface area contributed by atoms with Gasteiger partial charge < -0.3 is 15.2 Å². The smallest absolute Gasteiger partial charge is 0.272 e. The predicted molar refractivity (Wildman–Crippen MR) is 73.5 cm³/mol. The van der Waals surface area contributed by atoms with Crippen LogP contribution in [-0.2, 0) is 0 Å². The van der Waals surface area contributed by atoms with E-state index in [1.807, 2.05) is 20.8 Å². The fourth-order valence-corrected chi connectivity index (χ4v) is 1.41. The van der Waals surface area contributed by atoms with Gasteiger partial charge in [-0.2, -0.15) is 0 Å². The Bertz CT molecular complexity index is 476. The average molecular weight is 302 g/mol. The molecule has 1 aromatic heterocycles. The summed E-state index contributed by atoms with van der Waals surface area (Å²) in [6.07, 6.45) is -2.03. The summed E-state index contributed by atoms with van der Waals surface area (Å²) in [5, 5.41) is 12.4. The van der Waals surface area contributed by atoms with Gasteiger partial charge in [-0.1, -0.05) is 20.8 Å². The number of carbonyl (C=O) groups is 1. The Morgan fingerprint density at radius 2 is 2.14 bits per heavy atom. The van der Waals surface area contributed by atoms with Crippen LogP contribution in [0.2, 0.25) is 0 Å². The zero-order valence-electron chi connectivity index (χ0n) is 12.3. The maximum atomic E-state index is 12.2. The molecule has 0 saturated heterocycles. The van der Waals surface area contributed by atoms with E-state index < -0.39 is 25.0 Å². The monoisotopic (exact) mass is 302 g/mol. The number of hydrogen-bond donors (Lipinski definition) is 2. The normalized spacial score (nSPS) is 13.1. The van der Waals surface area contributed by atoms with Crippen molar-refractivity contribution in [3.8, 4) is 5.88 Å². The summed E-state index contributed by atoms with van der Waals surface area (Å²) >= 11 is 0. The van der Waals surface area contributed by atoms with E-state index >= 15 is 0 Å². The zero-order chi connectivity index (χ0) is 16.0. The minimum absolute atomic E-state index is 0.0471.